The Bertz CT molecular complexity index is 507. The first-order valence-corrected chi connectivity index (χ1v) is 10.0. The molecule has 0 fully saturated rings. The minimum atomic E-state index is -1.33. The number of esters is 1. The maximum absolute atomic E-state index is 11.7. The fraction of sp³-hybridized carbons (Fsp3) is 0.900. The number of nitrogens with two attached hydrogens (primary N) is 1. The third-order valence-electron chi connectivity index (χ3n) is 5.34. The number of amides is 1. The largest absolute Gasteiger partial charge is 0.463 e. The molecule has 10 heteroatoms. The fourth-order valence-electron chi connectivity index (χ4n) is 1.53. The Balaban J connectivity index is 0. The van der Waals surface area contributed by atoms with E-state index in [0.717, 1.165) is 0 Å². The van der Waals surface area contributed by atoms with Crippen molar-refractivity contribution in [1.29, 1.82) is 0 Å². The number of rotatable bonds is 12. The molecule has 0 heterocycles. The topological polar surface area (TPSA) is 183 Å². The molecule has 0 bridgehead atoms. The third kappa shape index (κ3) is 9.67. The molecule has 0 aromatic rings. The monoisotopic (exact) mass is 438 g/mol. The van der Waals surface area contributed by atoms with Crippen LogP contribution in [0.15, 0.2) is 0 Å². The van der Waals surface area contributed by atoms with E-state index in [9.17, 15) is 9.59 Å². The molecular formula is C20H42N2O8. The Kier molecular flexibility index (Phi) is 13.6. The Hall–Kier alpha value is -1.30. The van der Waals surface area contributed by atoms with Crippen LogP contribution in [0, 0.1) is 10.8 Å². The van der Waals surface area contributed by atoms with E-state index in [0.29, 0.717) is 12.8 Å². The minimum Gasteiger partial charge on any atom is -0.463 e. The first-order valence-electron chi connectivity index (χ1n) is 10.0. The summed E-state index contributed by atoms with van der Waals surface area (Å²) in [6.07, 6.45) is 1.29. The molecule has 180 valence electrons. The van der Waals surface area contributed by atoms with Gasteiger partial charge in [-0.3, -0.25) is 9.59 Å². The van der Waals surface area contributed by atoms with Crippen molar-refractivity contribution >= 4 is 11.9 Å². The summed E-state index contributed by atoms with van der Waals surface area (Å²) < 4.78 is 4.96. The van der Waals surface area contributed by atoms with Crippen molar-refractivity contribution in [2.75, 3.05) is 39.6 Å². The summed E-state index contributed by atoms with van der Waals surface area (Å²) in [7, 11) is 0. The first-order chi connectivity index (χ1) is 13.7. The van der Waals surface area contributed by atoms with Crippen LogP contribution in [-0.2, 0) is 14.3 Å². The second-order valence-electron chi connectivity index (χ2n) is 8.94. The van der Waals surface area contributed by atoms with Crippen molar-refractivity contribution < 1.29 is 39.9 Å². The Labute approximate surface area is 179 Å². The van der Waals surface area contributed by atoms with Gasteiger partial charge in [-0.15, -0.1) is 0 Å². The van der Waals surface area contributed by atoms with Gasteiger partial charge < -0.3 is 41.3 Å². The predicted molar refractivity (Wildman–Crippen MR) is 112 cm³/mol. The summed E-state index contributed by atoms with van der Waals surface area (Å²) in [6, 6.07) is 0. The quantitative estimate of drug-likeness (QED) is 0.186. The number of carbonyl (C=O) groups excluding carboxylic acids is 2. The summed E-state index contributed by atoms with van der Waals surface area (Å²) in [5.41, 5.74) is 1.83. The van der Waals surface area contributed by atoms with E-state index in [-0.39, 0.29) is 18.5 Å². The first kappa shape index (κ1) is 30.9. The molecule has 0 saturated heterocycles. The molecule has 0 atom stereocenters. The van der Waals surface area contributed by atoms with Crippen molar-refractivity contribution in [3.05, 3.63) is 0 Å². The van der Waals surface area contributed by atoms with Gasteiger partial charge in [0.05, 0.1) is 44.0 Å². The van der Waals surface area contributed by atoms with Gasteiger partial charge in [-0.05, 0) is 26.7 Å². The second kappa shape index (κ2) is 13.2. The van der Waals surface area contributed by atoms with Gasteiger partial charge >= 0.3 is 5.97 Å². The van der Waals surface area contributed by atoms with Crippen molar-refractivity contribution in [3.8, 4) is 0 Å². The molecule has 0 aromatic heterocycles. The molecular weight excluding hydrogens is 396 g/mol. The summed E-state index contributed by atoms with van der Waals surface area (Å²) in [5, 5.41) is 47.3. The fourth-order valence-corrected chi connectivity index (χ4v) is 1.53. The van der Waals surface area contributed by atoms with E-state index in [1.54, 1.807) is 27.7 Å². The van der Waals surface area contributed by atoms with Gasteiger partial charge in [0.15, 0.2) is 0 Å². The van der Waals surface area contributed by atoms with Crippen molar-refractivity contribution in [2.24, 2.45) is 16.6 Å². The third-order valence-corrected chi connectivity index (χ3v) is 5.34. The van der Waals surface area contributed by atoms with Gasteiger partial charge in [0.1, 0.15) is 12.1 Å². The van der Waals surface area contributed by atoms with Crippen LogP contribution in [0.25, 0.3) is 0 Å². The summed E-state index contributed by atoms with van der Waals surface area (Å²) in [6.45, 7) is 8.31. The normalized spacial score (nSPS) is 12.7. The Morgan fingerprint density at radius 2 is 1.20 bits per heavy atom. The van der Waals surface area contributed by atoms with Crippen molar-refractivity contribution in [3.63, 3.8) is 0 Å². The zero-order chi connectivity index (χ0) is 24.2. The molecule has 0 aliphatic carbocycles. The van der Waals surface area contributed by atoms with Crippen molar-refractivity contribution in [2.45, 2.75) is 65.5 Å². The molecule has 0 rings (SSSR count). The lowest BCUT2D eigenvalue weighted by Crippen LogP contribution is -2.59. The number of nitrogens with one attached hydrogen (secondary N) is 1. The number of ether oxygens (including phenoxy) is 1. The molecule has 0 aliphatic heterocycles. The predicted octanol–water partition coefficient (Wildman–Crippen LogP) is -1.10. The molecule has 0 unspecified atom stereocenters. The Morgan fingerprint density at radius 1 is 0.800 bits per heavy atom. The molecule has 10 nitrogen and oxygen atoms in total. The van der Waals surface area contributed by atoms with E-state index in [1.807, 2.05) is 13.8 Å². The van der Waals surface area contributed by atoms with Gasteiger partial charge in [0, 0.05) is 5.41 Å². The van der Waals surface area contributed by atoms with Crippen molar-refractivity contribution in [1.82, 2.24) is 5.32 Å². The standard InChI is InChI=1S/2C10H21NO4/c1-4-9(2,3)8(14)15-7-10(11,5-12)6-13;1-4-9(2,3)8(15)11-10(5-12,6-13)7-14/h12-13H,4-7,11H2,1-3H3;12-14H,4-7H2,1-3H3,(H,11,15). The number of hydrogen-bond acceptors (Lipinski definition) is 9. The van der Waals surface area contributed by atoms with E-state index in [2.05, 4.69) is 5.32 Å². The SMILES string of the molecule is CCC(C)(C)C(=O)NC(CO)(CO)CO.CCC(C)(C)C(=O)OCC(N)(CO)CO. The molecule has 1 amide bonds. The van der Waals surface area contributed by atoms with E-state index >= 15 is 0 Å². The maximum atomic E-state index is 11.7. The molecule has 8 N–H and O–H groups in total. The highest BCUT2D eigenvalue weighted by molar-refractivity contribution is 5.82. The van der Waals surface area contributed by atoms with Crippen LogP contribution >= 0.6 is 0 Å². The van der Waals surface area contributed by atoms with Gasteiger partial charge in [-0.1, -0.05) is 27.7 Å². The lowest BCUT2D eigenvalue weighted by molar-refractivity contribution is -0.157. The van der Waals surface area contributed by atoms with Crippen LogP contribution < -0.4 is 11.1 Å². The van der Waals surface area contributed by atoms with Gasteiger partial charge in [0.25, 0.3) is 0 Å². The second-order valence-corrected chi connectivity index (χ2v) is 8.94. The zero-order valence-corrected chi connectivity index (χ0v) is 19.2. The lowest BCUT2D eigenvalue weighted by Gasteiger charge is -2.33. The number of aliphatic hydroxyl groups is 5. The van der Waals surface area contributed by atoms with Crippen LogP contribution in [0.3, 0.4) is 0 Å². The highest BCUT2D eigenvalue weighted by Gasteiger charge is 2.35. The molecule has 0 saturated carbocycles. The average molecular weight is 439 g/mol. The summed E-state index contributed by atoms with van der Waals surface area (Å²) >= 11 is 0. The van der Waals surface area contributed by atoms with E-state index in [1.165, 1.54) is 0 Å². The van der Waals surface area contributed by atoms with Gasteiger partial charge in [0.2, 0.25) is 5.91 Å². The average Bonchev–Trinajstić information content (AvgIpc) is 2.75. The van der Waals surface area contributed by atoms with E-state index in [4.69, 9.17) is 36.0 Å². The smallest absolute Gasteiger partial charge is 0.311 e. The minimum absolute atomic E-state index is 0.178. The van der Waals surface area contributed by atoms with Crippen LogP contribution in [0.5, 0.6) is 0 Å². The van der Waals surface area contributed by atoms with Crippen LogP contribution in [0.2, 0.25) is 0 Å². The molecule has 0 radical (unpaired) electrons. The summed E-state index contributed by atoms with van der Waals surface area (Å²) in [4.78, 5) is 23.3. The molecule has 0 aromatic carbocycles. The highest BCUT2D eigenvalue weighted by Crippen LogP contribution is 2.22. The molecule has 0 spiro atoms. The summed E-state index contributed by atoms with van der Waals surface area (Å²) in [5.74, 6) is -0.663. The number of carbonyl (C=O) groups is 2. The molecule has 30 heavy (non-hydrogen) atoms. The zero-order valence-electron chi connectivity index (χ0n) is 19.2. The van der Waals surface area contributed by atoms with Gasteiger partial charge in [-0.25, -0.2) is 0 Å². The number of aliphatic hydroxyl groups excluding tert-OH is 5. The van der Waals surface area contributed by atoms with Crippen LogP contribution in [0.1, 0.15) is 54.4 Å². The number of hydrogen-bond donors (Lipinski definition) is 7. The van der Waals surface area contributed by atoms with E-state index < -0.39 is 54.9 Å². The van der Waals surface area contributed by atoms with Crippen LogP contribution in [0.4, 0.5) is 0 Å². The molecule has 0 aliphatic rings. The highest BCUT2D eigenvalue weighted by atomic mass is 16.5. The Morgan fingerprint density at radius 3 is 1.50 bits per heavy atom. The lowest BCUT2D eigenvalue weighted by atomic mass is 9.87. The maximum Gasteiger partial charge on any atom is 0.311 e. The van der Waals surface area contributed by atoms with Crippen LogP contribution in [-0.4, -0.2) is 88.1 Å². The van der Waals surface area contributed by atoms with Gasteiger partial charge in [-0.2, -0.15) is 0 Å².